The molecule has 146 valence electrons. The molecular weight excluding hydrogens is 370 g/mol. The third-order valence-electron chi connectivity index (χ3n) is 4.58. The quantitative estimate of drug-likeness (QED) is 0.501. The topological polar surface area (TPSA) is 102 Å². The summed E-state index contributed by atoms with van der Waals surface area (Å²) in [7, 11) is 1.61. The number of carboxylic acids is 1. The summed E-state index contributed by atoms with van der Waals surface area (Å²) in [6, 6.07) is 16.1. The maximum absolute atomic E-state index is 11.8. The van der Waals surface area contributed by atoms with Crippen molar-refractivity contribution in [3.8, 4) is 11.4 Å². The highest BCUT2D eigenvalue weighted by molar-refractivity contribution is 5.87. The van der Waals surface area contributed by atoms with Crippen LogP contribution in [0.4, 0.5) is 5.82 Å². The number of benzene rings is 2. The molecule has 2 aromatic heterocycles. The summed E-state index contributed by atoms with van der Waals surface area (Å²) in [5.74, 6) is 0.168. The standard InChI is InChI=1S/C21H19N5O3/c1-29-16-9-7-15(8-10-16)26-13-24-18-19(22-12-23-20(18)26)25-17(21(27)28)11-14-5-3-2-4-6-14/h2-10,12-13,17H,11H2,1H3,(H,27,28)(H,22,23,25)/t17-/m0/s1. The zero-order chi connectivity index (χ0) is 20.2. The Morgan fingerprint density at radius 2 is 1.86 bits per heavy atom. The van der Waals surface area contributed by atoms with Gasteiger partial charge in [0.15, 0.2) is 17.0 Å². The Balaban J connectivity index is 1.65. The van der Waals surface area contributed by atoms with Crippen LogP contribution < -0.4 is 10.1 Å². The largest absolute Gasteiger partial charge is 0.497 e. The highest BCUT2D eigenvalue weighted by Gasteiger charge is 2.21. The molecule has 8 nitrogen and oxygen atoms in total. The summed E-state index contributed by atoms with van der Waals surface area (Å²) in [5.41, 5.74) is 2.86. The fourth-order valence-electron chi connectivity index (χ4n) is 3.09. The Morgan fingerprint density at radius 1 is 1.10 bits per heavy atom. The SMILES string of the molecule is COc1ccc(-n2cnc3c(N[C@@H](Cc4ccccc4)C(=O)O)ncnc32)cc1. The van der Waals surface area contributed by atoms with Crippen LogP contribution in [-0.2, 0) is 11.2 Å². The van der Waals surface area contributed by atoms with Crippen LogP contribution in [0.3, 0.4) is 0 Å². The fourth-order valence-corrected chi connectivity index (χ4v) is 3.09. The number of carboxylic acid groups (broad SMARTS) is 1. The molecule has 0 amide bonds. The van der Waals surface area contributed by atoms with Crippen molar-refractivity contribution in [1.82, 2.24) is 19.5 Å². The second kappa shape index (κ2) is 7.97. The molecule has 0 aliphatic heterocycles. The van der Waals surface area contributed by atoms with Gasteiger partial charge in [0, 0.05) is 12.1 Å². The van der Waals surface area contributed by atoms with Crippen molar-refractivity contribution in [2.24, 2.45) is 0 Å². The second-order valence-electron chi connectivity index (χ2n) is 6.43. The Morgan fingerprint density at radius 3 is 2.55 bits per heavy atom. The average Bonchev–Trinajstić information content (AvgIpc) is 3.19. The van der Waals surface area contributed by atoms with Gasteiger partial charge in [-0.25, -0.2) is 19.7 Å². The number of anilines is 1. The Bertz CT molecular complexity index is 1130. The van der Waals surface area contributed by atoms with Gasteiger partial charge in [-0.05, 0) is 29.8 Å². The molecule has 0 saturated carbocycles. The van der Waals surface area contributed by atoms with Crippen molar-refractivity contribution in [3.63, 3.8) is 0 Å². The summed E-state index contributed by atoms with van der Waals surface area (Å²) in [4.78, 5) is 24.7. The van der Waals surface area contributed by atoms with Gasteiger partial charge in [-0.3, -0.25) is 4.57 Å². The van der Waals surface area contributed by atoms with Gasteiger partial charge in [-0.1, -0.05) is 30.3 Å². The van der Waals surface area contributed by atoms with E-state index in [1.54, 1.807) is 13.4 Å². The molecule has 29 heavy (non-hydrogen) atoms. The van der Waals surface area contributed by atoms with Crippen LogP contribution >= 0.6 is 0 Å². The molecule has 0 spiro atoms. The summed E-state index contributed by atoms with van der Waals surface area (Å²) in [5, 5.41) is 12.7. The van der Waals surface area contributed by atoms with Crippen molar-refractivity contribution < 1.29 is 14.6 Å². The number of ether oxygens (including phenoxy) is 1. The molecule has 0 aliphatic rings. The van der Waals surface area contributed by atoms with Crippen LogP contribution in [0.25, 0.3) is 16.9 Å². The molecule has 4 aromatic rings. The zero-order valence-corrected chi connectivity index (χ0v) is 15.7. The maximum Gasteiger partial charge on any atom is 0.326 e. The molecule has 0 bridgehead atoms. The molecule has 4 rings (SSSR count). The van der Waals surface area contributed by atoms with Gasteiger partial charge < -0.3 is 15.2 Å². The average molecular weight is 389 g/mol. The molecule has 0 saturated heterocycles. The minimum Gasteiger partial charge on any atom is -0.497 e. The first kappa shape index (κ1) is 18.4. The second-order valence-corrected chi connectivity index (χ2v) is 6.43. The summed E-state index contributed by atoms with van der Waals surface area (Å²) >= 11 is 0. The van der Waals surface area contributed by atoms with Crippen molar-refractivity contribution in [2.75, 3.05) is 12.4 Å². The third kappa shape index (κ3) is 3.86. The Kier molecular flexibility index (Phi) is 5.07. The predicted molar refractivity (Wildman–Crippen MR) is 108 cm³/mol. The molecule has 0 fully saturated rings. The van der Waals surface area contributed by atoms with Crippen LogP contribution in [0, 0.1) is 0 Å². The van der Waals surface area contributed by atoms with Gasteiger partial charge in [0.25, 0.3) is 0 Å². The molecule has 1 atom stereocenters. The van der Waals surface area contributed by atoms with E-state index in [0.29, 0.717) is 23.4 Å². The lowest BCUT2D eigenvalue weighted by Crippen LogP contribution is -2.32. The lowest BCUT2D eigenvalue weighted by Gasteiger charge is -2.15. The highest BCUT2D eigenvalue weighted by atomic mass is 16.5. The number of aliphatic carboxylic acids is 1. The van der Waals surface area contributed by atoms with E-state index in [0.717, 1.165) is 17.0 Å². The molecule has 0 unspecified atom stereocenters. The summed E-state index contributed by atoms with van der Waals surface area (Å²) in [6.45, 7) is 0. The van der Waals surface area contributed by atoms with Crippen molar-refractivity contribution in [2.45, 2.75) is 12.5 Å². The fraction of sp³-hybridized carbons (Fsp3) is 0.143. The minimum absolute atomic E-state index is 0.320. The van der Waals surface area contributed by atoms with Gasteiger partial charge in [0.1, 0.15) is 24.4 Å². The van der Waals surface area contributed by atoms with E-state index in [2.05, 4.69) is 20.3 Å². The first-order chi connectivity index (χ1) is 14.2. The molecule has 2 heterocycles. The van der Waals surface area contributed by atoms with Crippen molar-refractivity contribution in [3.05, 3.63) is 72.8 Å². The van der Waals surface area contributed by atoms with E-state index in [-0.39, 0.29) is 0 Å². The van der Waals surface area contributed by atoms with Gasteiger partial charge in [-0.2, -0.15) is 0 Å². The minimum atomic E-state index is -0.963. The number of fused-ring (bicyclic) bond motifs is 1. The number of hydrogen-bond donors (Lipinski definition) is 2. The van der Waals surface area contributed by atoms with Gasteiger partial charge in [-0.15, -0.1) is 0 Å². The number of imidazole rings is 1. The number of nitrogens with one attached hydrogen (secondary N) is 1. The smallest absolute Gasteiger partial charge is 0.326 e. The number of carbonyl (C=O) groups is 1. The third-order valence-corrected chi connectivity index (χ3v) is 4.58. The molecule has 8 heteroatoms. The number of methoxy groups -OCH3 is 1. The van der Waals surface area contributed by atoms with Crippen molar-refractivity contribution >= 4 is 23.0 Å². The van der Waals surface area contributed by atoms with Crippen molar-refractivity contribution in [1.29, 1.82) is 0 Å². The van der Waals surface area contributed by atoms with Crippen LogP contribution in [0.5, 0.6) is 5.75 Å². The number of hydrogen-bond acceptors (Lipinski definition) is 6. The number of nitrogens with zero attached hydrogens (tertiary/aromatic N) is 4. The summed E-state index contributed by atoms with van der Waals surface area (Å²) in [6.07, 6.45) is 3.36. The molecule has 2 N–H and O–H groups in total. The van der Waals surface area contributed by atoms with Crippen LogP contribution in [0.2, 0.25) is 0 Å². The molecule has 0 aliphatic carbocycles. The highest BCUT2D eigenvalue weighted by Crippen LogP contribution is 2.23. The monoisotopic (exact) mass is 389 g/mol. The number of rotatable bonds is 7. The first-order valence-electron chi connectivity index (χ1n) is 9.01. The lowest BCUT2D eigenvalue weighted by atomic mass is 10.1. The lowest BCUT2D eigenvalue weighted by molar-refractivity contribution is -0.137. The normalized spacial score (nSPS) is 11.9. The van der Waals surface area contributed by atoms with Gasteiger partial charge in [0.2, 0.25) is 0 Å². The van der Waals surface area contributed by atoms with E-state index >= 15 is 0 Å². The van der Waals surface area contributed by atoms with Crippen LogP contribution in [0.1, 0.15) is 5.56 Å². The Hall–Kier alpha value is -3.94. The molecular formula is C21H19N5O3. The molecule has 2 aromatic carbocycles. The first-order valence-corrected chi connectivity index (χ1v) is 9.01. The maximum atomic E-state index is 11.8. The van der Waals surface area contributed by atoms with E-state index < -0.39 is 12.0 Å². The van der Waals surface area contributed by atoms with E-state index in [9.17, 15) is 9.90 Å². The van der Waals surface area contributed by atoms with E-state index in [1.807, 2.05) is 59.2 Å². The molecule has 0 radical (unpaired) electrons. The van der Waals surface area contributed by atoms with Crippen LogP contribution in [0.15, 0.2) is 67.3 Å². The predicted octanol–water partition coefficient (Wildman–Crippen LogP) is 2.93. The zero-order valence-electron chi connectivity index (χ0n) is 15.7. The van der Waals surface area contributed by atoms with E-state index in [4.69, 9.17) is 4.74 Å². The van der Waals surface area contributed by atoms with Gasteiger partial charge in [0.05, 0.1) is 7.11 Å². The van der Waals surface area contributed by atoms with E-state index in [1.165, 1.54) is 6.33 Å². The number of aromatic nitrogens is 4. The van der Waals surface area contributed by atoms with Crippen LogP contribution in [-0.4, -0.2) is 43.7 Å². The summed E-state index contributed by atoms with van der Waals surface area (Å²) < 4.78 is 7.01. The van der Waals surface area contributed by atoms with Gasteiger partial charge >= 0.3 is 5.97 Å². The Labute approximate surface area is 166 Å².